The maximum Gasteiger partial charge on any atom is 0.0504 e. The van der Waals surface area contributed by atoms with Crippen LogP contribution in [0.5, 0.6) is 0 Å². The molecule has 0 amide bonds. The van der Waals surface area contributed by atoms with Crippen molar-refractivity contribution >= 4 is 10.9 Å². The first kappa shape index (κ1) is 14.1. The molecule has 0 spiro atoms. The van der Waals surface area contributed by atoms with Crippen LogP contribution >= 0.6 is 0 Å². The van der Waals surface area contributed by atoms with E-state index in [1.165, 1.54) is 61.8 Å². The number of hydrogen-bond acceptors (Lipinski definition) is 2. The molecule has 1 saturated heterocycles. The molecule has 3 aliphatic rings. The summed E-state index contributed by atoms with van der Waals surface area (Å²) in [6.07, 6.45) is 6.31. The van der Waals surface area contributed by atoms with Gasteiger partial charge in [-0.25, -0.2) is 0 Å². The minimum atomic E-state index is 0.382. The van der Waals surface area contributed by atoms with Crippen LogP contribution in [0.1, 0.15) is 43.0 Å². The molecule has 5 rings (SSSR count). The molecule has 1 aromatic carbocycles. The summed E-state index contributed by atoms with van der Waals surface area (Å²) >= 11 is 0. The fourth-order valence-corrected chi connectivity index (χ4v) is 5.71. The summed E-state index contributed by atoms with van der Waals surface area (Å²) in [5, 5.41) is 11.2. The zero-order valence-corrected chi connectivity index (χ0v) is 13.7. The number of aliphatic hydroxyl groups is 1. The average Bonchev–Trinajstić information content (AvgIpc) is 2.98. The van der Waals surface area contributed by atoms with Crippen LogP contribution < -0.4 is 0 Å². The lowest BCUT2D eigenvalue weighted by molar-refractivity contribution is -0.0141. The van der Waals surface area contributed by atoms with Crippen molar-refractivity contribution in [3.8, 4) is 0 Å². The van der Waals surface area contributed by atoms with E-state index in [-0.39, 0.29) is 0 Å². The lowest BCUT2D eigenvalue weighted by Gasteiger charge is -2.50. The summed E-state index contributed by atoms with van der Waals surface area (Å²) in [6.45, 7) is 2.82. The van der Waals surface area contributed by atoms with E-state index in [0.29, 0.717) is 24.5 Å². The van der Waals surface area contributed by atoms with Gasteiger partial charge in [-0.15, -0.1) is 0 Å². The molecule has 1 saturated carbocycles. The van der Waals surface area contributed by atoms with Gasteiger partial charge in [-0.1, -0.05) is 24.6 Å². The first-order valence-corrected chi connectivity index (χ1v) is 9.29. The highest BCUT2D eigenvalue weighted by atomic mass is 16.3. The summed E-state index contributed by atoms with van der Waals surface area (Å²) in [4.78, 5) is 6.46. The van der Waals surface area contributed by atoms with Gasteiger partial charge in [0.1, 0.15) is 0 Å². The normalized spacial score (nSPS) is 34.0. The number of aliphatic hydroxyl groups excluding tert-OH is 1. The Labute approximate surface area is 137 Å². The molecule has 122 valence electrons. The van der Waals surface area contributed by atoms with Gasteiger partial charge in [-0.2, -0.15) is 0 Å². The van der Waals surface area contributed by atoms with Crippen molar-refractivity contribution in [1.82, 2.24) is 9.88 Å². The Balaban J connectivity index is 1.54. The van der Waals surface area contributed by atoms with Crippen LogP contribution in [0.3, 0.4) is 0 Å². The van der Waals surface area contributed by atoms with Crippen LogP contribution in [-0.4, -0.2) is 34.7 Å². The van der Waals surface area contributed by atoms with E-state index in [1.54, 1.807) is 5.56 Å². The number of aromatic amines is 1. The molecule has 23 heavy (non-hydrogen) atoms. The van der Waals surface area contributed by atoms with Gasteiger partial charge in [0.25, 0.3) is 0 Å². The van der Waals surface area contributed by atoms with Crippen molar-refractivity contribution in [1.29, 1.82) is 0 Å². The largest absolute Gasteiger partial charge is 0.396 e. The number of aromatic nitrogens is 1. The summed E-state index contributed by atoms with van der Waals surface area (Å²) in [5.41, 5.74) is 4.32. The maximum absolute atomic E-state index is 9.81. The highest BCUT2D eigenvalue weighted by molar-refractivity contribution is 5.85. The fourth-order valence-electron chi connectivity index (χ4n) is 5.71. The summed E-state index contributed by atoms with van der Waals surface area (Å²) in [6, 6.07) is 9.30. The highest BCUT2D eigenvalue weighted by Crippen LogP contribution is 2.48. The molecule has 2 N–H and O–H groups in total. The molecule has 0 radical (unpaired) electrons. The minimum Gasteiger partial charge on any atom is -0.396 e. The van der Waals surface area contributed by atoms with E-state index < -0.39 is 0 Å². The first-order chi connectivity index (χ1) is 11.3. The van der Waals surface area contributed by atoms with Crippen LogP contribution in [0.2, 0.25) is 0 Å². The number of rotatable bonds is 1. The molecule has 4 atom stereocenters. The van der Waals surface area contributed by atoms with E-state index >= 15 is 0 Å². The van der Waals surface area contributed by atoms with E-state index in [0.717, 1.165) is 5.92 Å². The van der Waals surface area contributed by atoms with Gasteiger partial charge in [0.15, 0.2) is 0 Å². The second-order valence-corrected chi connectivity index (χ2v) is 7.86. The Bertz CT molecular complexity index is 722. The van der Waals surface area contributed by atoms with Gasteiger partial charge in [-0.05, 0) is 55.1 Å². The van der Waals surface area contributed by atoms with Crippen LogP contribution in [-0.2, 0) is 6.42 Å². The van der Waals surface area contributed by atoms with Gasteiger partial charge in [0.05, 0.1) is 6.04 Å². The standard InChI is InChI=1S/C20H26N2O/c23-12-14-5-3-4-13-11-22-9-8-16-15-6-1-2-7-18(15)21-20(16)19(22)10-17(13)14/h1-2,6-7,13-14,17,19,21,23H,3-5,8-12H2/t13-,14+,17+,19+/m1/s1. The zero-order valence-electron chi connectivity index (χ0n) is 13.7. The van der Waals surface area contributed by atoms with E-state index in [1.807, 2.05) is 0 Å². The van der Waals surface area contributed by atoms with Gasteiger partial charge < -0.3 is 10.1 Å². The molecule has 3 heterocycles. The zero-order chi connectivity index (χ0) is 15.4. The van der Waals surface area contributed by atoms with Crippen LogP contribution in [0.4, 0.5) is 0 Å². The van der Waals surface area contributed by atoms with Crippen LogP contribution in [0, 0.1) is 17.8 Å². The molecule has 0 unspecified atom stereocenters. The Hall–Kier alpha value is -1.32. The van der Waals surface area contributed by atoms with Gasteiger partial charge in [-0.3, -0.25) is 4.90 Å². The van der Waals surface area contributed by atoms with Crippen molar-refractivity contribution in [2.24, 2.45) is 17.8 Å². The van der Waals surface area contributed by atoms with Crippen molar-refractivity contribution in [2.75, 3.05) is 19.7 Å². The molecule has 1 aliphatic carbocycles. The second kappa shape index (κ2) is 5.35. The predicted molar refractivity (Wildman–Crippen MR) is 92.3 cm³/mol. The second-order valence-electron chi connectivity index (χ2n) is 7.86. The molecule has 3 nitrogen and oxygen atoms in total. The molecular weight excluding hydrogens is 284 g/mol. The molecule has 2 aromatic rings. The van der Waals surface area contributed by atoms with Crippen molar-refractivity contribution in [2.45, 2.75) is 38.1 Å². The summed E-state index contributed by atoms with van der Waals surface area (Å²) in [5.74, 6) is 2.06. The molecule has 1 aromatic heterocycles. The van der Waals surface area contributed by atoms with E-state index in [2.05, 4.69) is 34.1 Å². The summed E-state index contributed by atoms with van der Waals surface area (Å²) in [7, 11) is 0. The van der Waals surface area contributed by atoms with Crippen LogP contribution in [0.15, 0.2) is 24.3 Å². The number of piperidine rings is 1. The highest BCUT2D eigenvalue weighted by Gasteiger charge is 2.43. The minimum absolute atomic E-state index is 0.382. The van der Waals surface area contributed by atoms with Crippen molar-refractivity contribution in [3.05, 3.63) is 35.5 Å². The third kappa shape index (κ3) is 2.10. The van der Waals surface area contributed by atoms with Gasteiger partial charge in [0.2, 0.25) is 0 Å². The monoisotopic (exact) mass is 310 g/mol. The Kier molecular flexibility index (Phi) is 3.27. The summed E-state index contributed by atoms with van der Waals surface area (Å²) < 4.78 is 0. The molecule has 0 bridgehead atoms. The Morgan fingerprint density at radius 1 is 1.22 bits per heavy atom. The van der Waals surface area contributed by atoms with Gasteiger partial charge in [0, 0.05) is 36.3 Å². The first-order valence-electron chi connectivity index (χ1n) is 9.29. The molecule has 2 fully saturated rings. The number of fused-ring (bicyclic) bond motifs is 6. The topological polar surface area (TPSA) is 39.3 Å². The number of nitrogens with zero attached hydrogens (tertiary/aromatic N) is 1. The number of hydrogen-bond donors (Lipinski definition) is 2. The third-order valence-electron chi connectivity index (χ3n) is 6.83. The maximum atomic E-state index is 9.81. The Morgan fingerprint density at radius 2 is 2.13 bits per heavy atom. The lowest BCUT2D eigenvalue weighted by atomic mass is 9.66. The van der Waals surface area contributed by atoms with Gasteiger partial charge >= 0.3 is 0 Å². The average molecular weight is 310 g/mol. The number of benzene rings is 1. The lowest BCUT2D eigenvalue weighted by Crippen LogP contribution is -2.49. The third-order valence-corrected chi connectivity index (χ3v) is 6.83. The van der Waals surface area contributed by atoms with E-state index in [4.69, 9.17) is 0 Å². The van der Waals surface area contributed by atoms with Crippen molar-refractivity contribution in [3.63, 3.8) is 0 Å². The SMILES string of the molecule is OC[C@@H]1CCC[C@@H]2CN3CCc4c([nH]c5ccccc45)[C@@H]3C[C@H]12. The number of nitrogens with one attached hydrogen (secondary N) is 1. The molecular formula is C20H26N2O. The molecule has 3 heteroatoms. The fraction of sp³-hybridized carbons (Fsp3) is 0.600. The van der Waals surface area contributed by atoms with Crippen molar-refractivity contribution < 1.29 is 5.11 Å². The Morgan fingerprint density at radius 3 is 3.04 bits per heavy atom. The smallest absolute Gasteiger partial charge is 0.0504 e. The number of para-hydroxylation sites is 1. The predicted octanol–water partition coefficient (Wildman–Crippen LogP) is 3.50. The van der Waals surface area contributed by atoms with Crippen LogP contribution in [0.25, 0.3) is 10.9 Å². The quantitative estimate of drug-likeness (QED) is 0.846. The van der Waals surface area contributed by atoms with E-state index in [9.17, 15) is 5.11 Å². The number of H-pyrrole nitrogens is 1. The molecule has 2 aliphatic heterocycles.